The van der Waals surface area contributed by atoms with Crippen LogP contribution >= 0.6 is 11.6 Å². The lowest BCUT2D eigenvalue weighted by atomic mass is 9.92. The van der Waals surface area contributed by atoms with Crippen LogP contribution in [-0.4, -0.2) is 40.4 Å². The molecule has 0 radical (unpaired) electrons. The molecular formula is C13H10ClNO5. The normalized spacial score (nSPS) is 15.9. The van der Waals surface area contributed by atoms with Crippen molar-refractivity contribution in [3.05, 3.63) is 46.1 Å². The number of ketones is 2. The summed E-state index contributed by atoms with van der Waals surface area (Å²) >= 11 is 5.83. The van der Waals surface area contributed by atoms with Crippen LogP contribution in [0.2, 0.25) is 0 Å². The molecule has 2 rings (SSSR count). The number of allylic oxidation sites excluding steroid dienone is 2. The molecule has 0 unspecified atom stereocenters. The topological polar surface area (TPSA) is 104 Å². The first-order chi connectivity index (χ1) is 9.47. The second-order valence-electron chi connectivity index (χ2n) is 4.11. The van der Waals surface area contributed by atoms with Gasteiger partial charge in [-0.2, -0.15) is 0 Å². The Hall–Kier alpha value is -2.18. The van der Waals surface area contributed by atoms with Crippen LogP contribution in [0.5, 0.6) is 0 Å². The third-order valence-corrected chi connectivity index (χ3v) is 3.22. The summed E-state index contributed by atoms with van der Waals surface area (Å²) in [6.07, 6.45) is 0. The summed E-state index contributed by atoms with van der Waals surface area (Å²) in [5, 5.41) is 19.7. The average Bonchev–Trinajstić information content (AvgIpc) is 2.45. The van der Waals surface area contributed by atoms with E-state index in [4.69, 9.17) is 21.8 Å². The summed E-state index contributed by atoms with van der Waals surface area (Å²) in [6, 6.07) is 4.69. The van der Waals surface area contributed by atoms with E-state index in [1.54, 1.807) is 12.1 Å². The van der Waals surface area contributed by atoms with E-state index in [0.29, 0.717) is 0 Å². The van der Waals surface area contributed by atoms with Gasteiger partial charge in [0.2, 0.25) is 11.6 Å². The van der Waals surface area contributed by atoms with Gasteiger partial charge in [0.15, 0.2) is 0 Å². The maximum Gasteiger partial charge on any atom is 0.328 e. The first-order valence-electron chi connectivity index (χ1n) is 5.65. The Morgan fingerprint density at radius 1 is 1.20 bits per heavy atom. The third kappa shape index (κ3) is 2.31. The highest BCUT2D eigenvalue weighted by atomic mass is 35.5. The maximum atomic E-state index is 12.2. The number of nitrogens with one attached hydrogen (secondary N) is 1. The number of hydrogen-bond acceptors (Lipinski definition) is 5. The van der Waals surface area contributed by atoms with Crippen molar-refractivity contribution in [1.82, 2.24) is 5.32 Å². The fourth-order valence-corrected chi connectivity index (χ4v) is 2.08. The van der Waals surface area contributed by atoms with Gasteiger partial charge in [-0.1, -0.05) is 35.9 Å². The quantitative estimate of drug-likeness (QED) is 0.749. The number of halogens is 1. The van der Waals surface area contributed by atoms with E-state index >= 15 is 0 Å². The summed E-state index contributed by atoms with van der Waals surface area (Å²) in [7, 11) is 0. The zero-order valence-electron chi connectivity index (χ0n) is 10.1. The molecule has 1 aliphatic carbocycles. The molecule has 0 saturated carbocycles. The van der Waals surface area contributed by atoms with E-state index in [2.05, 4.69) is 5.32 Å². The molecule has 1 aromatic rings. The van der Waals surface area contributed by atoms with Crippen molar-refractivity contribution in [3.8, 4) is 0 Å². The van der Waals surface area contributed by atoms with Gasteiger partial charge in [-0.25, -0.2) is 4.79 Å². The second kappa shape index (κ2) is 5.44. The third-order valence-electron chi connectivity index (χ3n) is 2.86. The summed E-state index contributed by atoms with van der Waals surface area (Å²) in [5.74, 6) is -2.50. The number of Topliss-reactive ketones (excluding diaryl/α,β-unsaturated/α-hetero) is 2. The van der Waals surface area contributed by atoms with Gasteiger partial charge in [0.1, 0.15) is 16.8 Å². The Balaban J connectivity index is 2.44. The van der Waals surface area contributed by atoms with E-state index in [-0.39, 0.29) is 21.9 Å². The standard InChI is InChI=1S/C13H10ClNO5/c14-9-10(15-8(5-16)13(19)20)12(18)7-4-2-1-3-6(7)11(9)17/h1-4,8,15-16H,5H2,(H,19,20)/t8-/m1/s1. The molecule has 7 heteroatoms. The van der Waals surface area contributed by atoms with Gasteiger partial charge in [-0.05, 0) is 0 Å². The average molecular weight is 296 g/mol. The van der Waals surface area contributed by atoms with E-state index in [1.165, 1.54) is 12.1 Å². The fraction of sp³-hybridized carbons (Fsp3) is 0.154. The lowest BCUT2D eigenvalue weighted by Crippen LogP contribution is -2.42. The summed E-state index contributed by atoms with van der Waals surface area (Å²) in [4.78, 5) is 35.1. The lowest BCUT2D eigenvalue weighted by molar-refractivity contribution is -0.140. The Morgan fingerprint density at radius 3 is 2.25 bits per heavy atom. The number of fused-ring (bicyclic) bond motifs is 1. The summed E-state index contributed by atoms with van der Waals surface area (Å²) < 4.78 is 0. The van der Waals surface area contributed by atoms with E-state index < -0.39 is 30.2 Å². The van der Waals surface area contributed by atoms with Gasteiger partial charge < -0.3 is 15.5 Å². The van der Waals surface area contributed by atoms with Crippen LogP contribution < -0.4 is 5.32 Å². The van der Waals surface area contributed by atoms with Gasteiger partial charge in [0.05, 0.1) is 6.61 Å². The van der Waals surface area contributed by atoms with Gasteiger partial charge in [-0.15, -0.1) is 0 Å². The molecule has 0 bridgehead atoms. The van der Waals surface area contributed by atoms with Crippen molar-refractivity contribution in [2.45, 2.75) is 6.04 Å². The molecule has 0 fully saturated rings. The fourth-order valence-electron chi connectivity index (χ4n) is 1.83. The first-order valence-corrected chi connectivity index (χ1v) is 6.03. The first kappa shape index (κ1) is 14.2. The Labute approximate surface area is 118 Å². The molecule has 3 N–H and O–H groups in total. The zero-order valence-corrected chi connectivity index (χ0v) is 10.8. The minimum absolute atomic E-state index is 0.145. The number of aliphatic hydroxyl groups is 1. The highest BCUT2D eigenvalue weighted by Gasteiger charge is 2.33. The predicted octanol–water partition coefficient (Wildman–Crippen LogP) is 0.551. The number of carboxylic acids is 1. The van der Waals surface area contributed by atoms with Crippen molar-refractivity contribution in [1.29, 1.82) is 0 Å². The number of aliphatic carboxylic acids is 1. The molecule has 1 aromatic carbocycles. The lowest BCUT2D eigenvalue weighted by Gasteiger charge is -2.21. The Kier molecular flexibility index (Phi) is 3.87. The second-order valence-corrected chi connectivity index (χ2v) is 4.49. The van der Waals surface area contributed by atoms with Crippen LogP contribution in [0.25, 0.3) is 0 Å². The van der Waals surface area contributed by atoms with Crippen LogP contribution in [0.1, 0.15) is 20.7 Å². The van der Waals surface area contributed by atoms with Crippen LogP contribution in [0.4, 0.5) is 0 Å². The van der Waals surface area contributed by atoms with Crippen molar-refractivity contribution < 1.29 is 24.6 Å². The summed E-state index contributed by atoms with van der Waals surface area (Å²) in [6.45, 7) is -0.744. The molecule has 104 valence electrons. The SMILES string of the molecule is O=C1C(Cl)=C(N[C@H](CO)C(=O)O)C(=O)c2ccccc21. The van der Waals surface area contributed by atoms with Gasteiger partial charge >= 0.3 is 5.97 Å². The van der Waals surface area contributed by atoms with E-state index in [0.717, 1.165) is 0 Å². The molecule has 0 heterocycles. The smallest absolute Gasteiger partial charge is 0.328 e. The monoisotopic (exact) mass is 295 g/mol. The number of rotatable bonds is 4. The van der Waals surface area contributed by atoms with Gasteiger partial charge in [0.25, 0.3) is 0 Å². The zero-order chi connectivity index (χ0) is 14.9. The minimum Gasteiger partial charge on any atom is -0.480 e. The molecule has 1 atom stereocenters. The number of hydrogen-bond donors (Lipinski definition) is 3. The molecule has 6 nitrogen and oxygen atoms in total. The highest BCUT2D eigenvalue weighted by molar-refractivity contribution is 6.49. The molecule has 0 aliphatic heterocycles. The van der Waals surface area contributed by atoms with E-state index in [1.807, 2.05) is 0 Å². The Morgan fingerprint density at radius 2 is 1.75 bits per heavy atom. The van der Waals surface area contributed by atoms with Crippen molar-refractivity contribution >= 4 is 29.1 Å². The highest BCUT2D eigenvalue weighted by Crippen LogP contribution is 2.27. The van der Waals surface area contributed by atoms with Gasteiger partial charge in [0, 0.05) is 11.1 Å². The number of benzene rings is 1. The van der Waals surface area contributed by atoms with E-state index in [9.17, 15) is 14.4 Å². The van der Waals surface area contributed by atoms with Crippen molar-refractivity contribution in [3.63, 3.8) is 0 Å². The Bertz CT molecular complexity index is 637. The van der Waals surface area contributed by atoms with Crippen LogP contribution in [0.3, 0.4) is 0 Å². The number of carboxylic acid groups (broad SMARTS) is 1. The van der Waals surface area contributed by atoms with Crippen LogP contribution in [-0.2, 0) is 4.79 Å². The number of carbonyl (C=O) groups is 3. The number of aliphatic hydroxyl groups excluding tert-OH is 1. The largest absolute Gasteiger partial charge is 0.480 e. The van der Waals surface area contributed by atoms with Crippen LogP contribution in [0, 0.1) is 0 Å². The predicted molar refractivity (Wildman–Crippen MR) is 69.6 cm³/mol. The van der Waals surface area contributed by atoms with Crippen molar-refractivity contribution in [2.75, 3.05) is 6.61 Å². The minimum atomic E-state index is -1.42. The molecule has 20 heavy (non-hydrogen) atoms. The molecule has 0 amide bonds. The van der Waals surface area contributed by atoms with Gasteiger partial charge in [-0.3, -0.25) is 9.59 Å². The molecule has 0 aromatic heterocycles. The van der Waals surface area contributed by atoms with Crippen molar-refractivity contribution in [2.24, 2.45) is 0 Å². The number of carbonyl (C=O) groups excluding carboxylic acids is 2. The molecule has 0 saturated heterocycles. The van der Waals surface area contributed by atoms with Crippen LogP contribution in [0.15, 0.2) is 35.0 Å². The molecule has 1 aliphatic rings. The summed E-state index contributed by atoms with van der Waals surface area (Å²) in [5.41, 5.74) is 0.00668. The molecular weight excluding hydrogens is 286 g/mol. The molecule has 0 spiro atoms. The maximum absolute atomic E-state index is 12.2.